The molecule has 2 aromatic carbocycles. The number of anilines is 1. The molecule has 2 heteroatoms. The van der Waals surface area contributed by atoms with Gasteiger partial charge in [-0.25, -0.2) is 0 Å². The maximum atomic E-state index is 9.30. The maximum Gasteiger partial charge on any atom is 0.0887 e. The molecule has 90 valence electrons. The van der Waals surface area contributed by atoms with Crippen LogP contribution in [0.1, 0.15) is 11.5 Å². The molecule has 0 aromatic heterocycles. The van der Waals surface area contributed by atoms with Crippen molar-refractivity contribution in [3.8, 4) is 6.07 Å². The predicted molar refractivity (Wildman–Crippen MR) is 74.5 cm³/mol. The quantitative estimate of drug-likeness (QED) is 0.813. The van der Waals surface area contributed by atoms with Gasteiger partial charge in [-0.3, -0.25) is 0 Å². The lowest BCUT2D eigenvalue weighted by atomic mass is 10.00. The van der Waals surface area contributed by atoms with E-state index in [0.29, 0.717) is 6.54 Å². The normalized spacial score (nSPS) is 11.6. The van der Waals surface area contributed by atoms with Gasteiger partial charge in [0.15, 0.2) is 0 Å². The Labute approximate surface area is 108 Å². The summed E-state index contributed by atoms with van der Waals surface area (Å²) >= 11 is 0. The van der Waals surface area contributed by atoms with Crippen molar-refractivity contribution in [2.45, 2.75) is 5.92 Å². The molecule has 2 nitrogen and oxygen atoms in total. The Kier molecular flexibility index (Phi) is 3.98. The van der Waals surface area contributed by atoms with Gasteiger partial charge in [0.25, 0.3) is 0 Å². The largest absolute Gasteiger partial charge is 0.373 e. The summed E-state index contributed by atoms with van der Waals surface area (Å²) in [6.45, 7) is 0.699. The molecule has 0 radical (unpaired) electrons. The Bertz CT molecular complexity index is 514. The monoisotopic (exact) mass is 236 g/mol. The van der Waals surface area contributed by atoms with Crippen LogP contribution < -0.4 is 4.90 Å². The second kappa shape index (κ2) is 5.88. The van der Waals surface area contributed by atoms with Gasteiger partial charge in [-0.2, -0.15) is 5.26 Å². The highest BCUT2D eigenvalue weighted by atomic mass is 15.1. The molecule has 0 spiro atoms. The van der Waals surface area contributed by atoms with Crippen LogP contribution in [-0.2, 0) is 0 Å². The average Bonchev–Trinajstić information content (AvgIpc) is 2.46. The average molecular weight is 236 g/mol. The van der Waals surface area contributed by atoms with Gasteiger partial charge in [-0.15, -0.1) is 0 Å². The van der Waals surface area contributed by atoms with Crippen LogP contribution in [0.5, 0.6) is 0 Å². The van der Waals surface area contributed by atoms with E-state index in [0.717, 1.165) is 11.3 Å². The van der Waals surface area contributed by atoms with Gasteiger partial charge in [0.05, 0.1) is 12.0 Å². The molecule has 2 aromatic rings. The summed E-state index contributed by atoms with van der Waals surface area (Å²) < 4.78 is 0. The number of rotatable bonds is 4. The van der Waals surface area contributed by atoms with Crippen LogP contribution in [0, 0.1) is 11.3 Å². The third-order valence-corrected chi connectivity index (χ3v) is 3.01. The zero-order chi connectivity index (χ0) is 12.8. The van der Waals surface area contributed by atoms with Crippen molar-refractivity contribution in [1.29, 1.82) is 5.26 Å². The first-order chi connectivity index (χ1) is 8.81. The van der Waals surface area contributed by atoms with Crippen LogP contribution in [0.4, 0.5) is 5.69 Å². The van der Waals surface area contributed by atoms with Gasteiger partial charge in [0, 0.05) is 19.3 Å². The van der Waals surface area contributed by atoms with Crippen molar-refractivity contribution in [2.75, 3.05) is 18.5 Å². The fraction of sp³-hybridized carbons (Fsp3) is 0.188. The van der Waals surface area contributed by atoms with Gasteiger partial charge in [0.2, 0.25) is 0 Å². The van der Waals surface area contributed by atoms with Crippen LogP contribution in [0.2, 0.25) is 0 Å². The second-order valence-corrected chi connectivity index (χ2v) is 4.31. The van der Waals surface area contributed by atoms with E-state index >= 15 is 0 Å². The number of nitriles is 1. The smallest absolute Gasteiger partial charge is 0.0887 e. The predicted octanol–water partition coefficient (Wildman–Crippen LogP) is 3.43. The van der Waals surface area contributed by atoms with E-state index in [2.05, 4.69) is 23.1 Å². The van der Waals surface area contributed by atoms with E-state index in [4.69, 9.17) is 0 Å². The number of para-hydroxylation sites is 1. The molecule has 0 heterocycles. The Hall–Kier alpha value is -2.27. The molecule has 0 bridgehead atoms. The minimum absolute atomic E-state index is 0.101. The summed E-state index contributed by atoms with van der Waals surface area (Å²) in [6, 6.07) is 22.4. The van der Waals surface area contributed by atoms with E-state index in [1.165, 1.54) is 0 Å². The fourth-order valence-corrected chi connectivity index (χ4v) is 1.97. The number of nitrogens with zero attached hydrogens (tertiary/aromatic N) is 2. The molecular formula is C16H16N2. The van der Waals surface area contributed by atoms with Crippen molar-refractivity contribution < 1.29 is 0 Å². The summed E-state index contributed by atoms with van der Waals surface area (Å²) in [5, 5.41) is 9.30. The van der Waals surface area contributed by atoms with Crippen LogP contribution >= 0.6 is 0 Å². The summed E-state index contributed by atoms with van der Waals surface area (Å²) in [5.74, 6) is -0.101. The van der Waals surface area contributed by atoms with Gasteiger partial charge < -0.3 is 4.90 Å². The zero-order valence-corrected chi connectivity index (χ0v) is 10.5. The first kappa shape index (κ1) is 12.2. The summed E-state index contributed by atoms with van der Waals surface area (Å²) in [5.41, 5.74) is 2.21. The lowest BCUT2D eigenvalue weighted by Gasteiger charge is -2.22. The molecule has 0 amide bonds. The van der Waals surface area contributed by atoms with E-state index in [1.807, 2.05) is 55.6 Å². The highest BCUT2D eigenvalue weighted by Crippen LogP contribution is 2.19. The van der Waals surface area contributed by atoms with Crippen molar-refractivity contribution in [1.82, 2.24) is 0 Å². The second-order valence-electron chi connectivity index (χ2n) is 4.31. The molecule has 0 aliphatic carbocycles. The molecule has 0 saturated heterocycles. The van der Waals surface area contributed by atoms with Gasteiger partial charge in [0.1, 0.15) is 0 Å². The van der Waals surface area contributed by atoms with E-state index in [1.54, 1.807) is 0 Å². The molecular weight excluding hydrogens is 220 g/mol. The number of benzene rings is 2. The number of likely N-dealkylation sites (N-methyl/N-ethyl adjacent to an activating group) is 1. The fourth-order valence-electron chi connectivity index (χ4n) is 1.97. The minimum atomic E-state index is -0.101. The topological polar surface area (TPSA) is 27.0 Å². The molecule has 18 heavy (non-hydrogen) atoms. The molecule has 0 fully saturated rings. The summed E-state index contributed by atoms with van der Waals surface area (Å²) in [6.07, 6.45) is 0. The van der Waals surface area contributed by atoms with Crippen molar-refractivity contribution >= 4 is 5.69 Å². The Morgan fingerprint density at radius 3 is 2.11 bits per heavy atom. The van der Waals surface area contributed by atoms with Crippen LogP contribution in [0.15, 0.2) is 60.7 Å². The third kappa shape index (κ3) is 2.89. The van der Waals surface area contributed by atoms with Gasteiger partial charge in [-0.05, 0) is 17.7 Å². The molecule has 0 saturated carbocycles. The van der Waals surface area contributed by atoms with Gasteiger partial charge in [-0.1, -0.05) is 48.5 Å². The SMILES string of the molecule is CN(CC(C#N)c1ccccc1)c1ccccc1. The van der Waals surface area contributed by atoms with Crippen molar-refractivity contribution in [3.63, 3.8) is 0 Å². The van der Waals surface area contributed by atoms with E-state index in [-0.39, 0.29) is 5.92 Å². The first-order valence-corrected chi connectivity index (χ1v) is 6.02. The zero-order valence-electron chi connectivity index (χ0n) is 10.5. The Balaban J connectivity index is 2.11. The lowest BCUT2D eigenvalue weighted by Crippen LogP contribution is -2.23. The third-order valence-electron chi connectivity index (χ3n) is 3.01. The standard InChI is InChI=1S/C16H16N2/c1-18(16-10-6-3-7-11-16)13-15(12-17)14-8-4-2-5-9-14/h2-11,15H,13H2,1H3. The summed E-state index contributed by atoms with van der Waals surface area (Å²) in [7, 11) is 2.02. The Morgan fingerprint density at radius 2 is 1.56 bits per heavy atom. The van der Waals surface area contributed by atoms with Crippen LogP contribution in [0.25, 0.3) is 0 Å². The van der Waals surface area contributed by atoms with Crippen molar-refractivity contribution in [2.24, 2.45) is 0 Å². The van der Waals surface area contributed by atoms with E-state index < -0.39 is 0 Å². The molecule has 0 aliphatic rings. The summed E-state index contributed by atoms with van der Waals surface area (Å²) in [4.78, 5) is 2.11. The van der Waals surface area contributed by atoms with Crippen LogP contribution in [0.3, 0.4) is 0 Å². The van der Waals surface area contributed by atoms with Crippen molar-refractivity contribution in [3.05, 3.63) is 66.2 Å². The minimum Gasteiger partial charge on any atom is -0.373 e. The highest BCUT2D eigenvalue weighted by Gasteiger charge is 2.13. The van der Waals surface area contributed by atoms with Crippen LogP contribution in [-0.4, -0.2) is 13.6 Å². The molecule has 1 unspecified atom stereocenters. The van der Waals surface area contributed by atoms with Gasteiger partial charge >= 0.3 is 0 Å². The van der Waals surface area contributed by atoms with E-state index in [9.17, 15) is 5.26 Å². The molecule has 2 rings (SSSR count). The molecule has 0 N–H and O–H groups in total. The first-order valence-electron chi connectivity index (χ1n) is 6.02. The number of hydrogen-bond acceptors (Lipinski definition) is 2. The highest BCUT2D eigenvalue weighted by molar-refractivity contribution is 5.46. The maximum absolute atomic E-state index is 9.30. The molecule has 0 aliphatic heterocycles. The molecule has 1 atom stereocenters. The number of hydrogen-bond donors (Lipinski definition) is 0. The lowest BCUT2D eigenvalue weighted by molar-refractivity contribution is 0.803. The Morgan fingerprint density at radius 1 is 1.00 bits per heavy atom.